The molecular formula is C23H24ClN3O4S2. The minimum Gasteiger partial charge on any atom is -0.274 e. The molecule has 0 radical (unpaired) electrons. The molecule has 174 valence electrons. The van der Waals surface area contributed by atoms with Gasteiger partial charge in [-0.15, -0.1) is 11.8 Å². The zero-order valence-electron chi connectivity index (χ0n) is 18.5. The number of sulfone groups is 1. The third-order valence-corrected chi connectivity index (χ3v) is 7.75. The van der Waals surface area contributed by atoms with Crippen LogP contribution in [-0.2, 0) is 26.0 Å². The van der Waals surface area contributed by atoms with Gasteiger partial charge in [-0.25, -0.2) is 18.0 Å². The van der Waals surface area contributed by atoms with Crippen LogP contribution in [0.5, 0.6) is 0 Å². The smallest absolute Gasteiger partial charge is 0.234 e. The van der Waals surface area contributed by atoms with Crippen LogP contribution in [0.15, 0.2) is 69.4 Å². The van der Waals surface area contributed by atoms with Gasteiger partial charge < -0.3 is 0 Å². The Kier molecular flexibility index (Phi) is 7.99. The summed E-state index contributed by atoms with van der Waals surface area (Å²) in [5, 5.41) is 5.22. The molecule has 0 spiro atoms. The lowest BCUT2D eigenvalue weighted by molar-refractivity contribution is -0.126. The van der Waals surface area contributed by atoms with Crippen LogP contribution in [-0.4, -0.2) is 36.3 Å². The van der Waals surface area contributed by atoms with Gasteiger partial charge in [0.15, 0.2) is 5.82 Å². The summed E-state index contributed by atoms with van der Waals surface area (Å²) in [5.41, 5.74) is 0.746. The van der Waals surface area contributed by atoms with Crippen molar-refractivity contribution in [1.29, 1.82) is 0 Å². The van der Waals surface area contributed by atoms with E-state index in [9.17, 15) is 18.0 Å². The molecule has 0 N–H and O–H groups in total. The minimum absolute atomic E-state index is 0.0213. The quantitative estimate of drug-likeness (QED) is 0.408. The molecule has 0 bridgehead atoms. The number of hydrogen-bond donors (Lipinski definition) is 0. The second-order valence-electron chi connectivity index (χ2n) is 7.10. The summed E-state index contributed by atoms with van der Waals surface area (Å²) in [6.07, 6.45) is 1.74. The summed E-state index contributed by atoms with van der Waals surface area (Å²) in [4.78, 5) is 26.7. The van der Waals surface area contributed by atoms with Gasteiger partial charge in [0.25, 0.3) is 0 Å². The number of rotatable bonds is 8. The summed E-state index contributed by atoms with van der Waals surface area (Å²) in [5.74, 6) is -1.07. The highest BCUT2D eigenvalue weighted by molar-refractivity contribution is 7.99. The molecule has 2 aromatic carbocycles. The topological polar surface area (TPSA) is 89.3 Å². The maximum Gasteiger partial charge on any atom is 0.234 e. The highest BCUT2D eigenvalue weighted by atomic mass is 35.5. The van der Waals surface area contributed by atoms with Crippen LogP contribution < -0.4 is 4.90 Å². The van der Waals surface area contributed by atoms with Crippen molar-refractivity contribution in [3.05, 3.63) is 65.2 Å². The van der Waals surface area contributed by atoms with Gasteiger partial charge in [-0.1, -0.05) is 55.8 Å². The lowest BCUT2D eigenvalue weighted by Gasteiger charge is -2.22. The van der Waals surface area contributed by atoms with E-state index in [0.717, 1.165) is 22.2 Å². The average molecular weight is 506 g/mol. The van der Waals surface area contributed by atoms with E-state index in [-0.39, 0.29) is 40.0 Å². The number of imide groups is 1. The maximum atomic E-state index is 13.7. The number of hydrogen-bond acceptors (Lipinski definition) is 6. The van der Waals surface area contributed by atoms with Crippen molar-refractivity contribution in [3.63, 3.8) is 0 Å². The molecule has 0 saturated heterocycles. The van der Waals surface area contributed by atoms with E-state index in [1.165, 1.54) is 16.8 Å². The average Bonchev–Trinajstić information content (AvgIpc) is 3.18. The molecule has 0 aliphatic carbocycles. The fourth-order valence-corrected chi connectivity index (χ4v) is 6.04. The van der Waals surface area contributed by atoms with Crippen LogP contribution in [0.25, 0.3) is 0 Å². The number of carbonyl (C=O) groups is 2. The summed E-state index contributed by atoms with van der Waals surface area (Å²) < 4.78 is 28.9. The lowest BCUT2D eigenvalue weighted by Crippen LogP contribution is -2.38. The normalized spacial score (nSPS) is 11.4. The molecule has 10 heteroatoms. The van der Waals surface area contributed by atoms with Crippen molar-refractivity contribution in [2.45, 2.75) is 48.1 Å². The Morgan fingerprint density at radius 2 is 1.67 bits per heavy atom. The van der Waals surface area contributed by atoms with Crippen molar-refractivity contribution in [1.82, 2.24) is 9.78 Å². The number of thioether (sulfide) groups is 1. The van der Waals surface area contributed by atoms with Gasteiger partial charge >= 0.3 is 0 Å². The zero-order chi connectivity index (χ0) is 24.2. The van der Waals surface area contributed by atoms with Crippen LogP contribution in [0.2, 0.25) is 5.02 Å². The molecule has 3 aromatic rings. The molecule has 0 unspecified atom stereocenters. The molecule has 0 fully saturated rings. The molecule has 0 saturated carbocycles. The zero-order valence-corrected chi connectivity index (χ0v) is 20.9. The van der Waals surface area contributed by atoms with Crippen LogP contribution in [0.1, 0.15) is 32.3 Å². The van der Waals surface area contributed by atoms with Gasteiger partial charge in [0.2, 0.25) is 21.7 Å². The molecule has 1 heterocycles. The van der Waals surface area contributed by atoms with E-state index in [4.69, 9.17) is 11.6 Å². The van der Waals surface area contributed by atoms with E-state index in [0.29, 0.717) is 5.02 Å². The predicted octanol–water partition coefficient (Wildman–Crippen LogP) is 4.82. The van der Waals surface area contributed by atoms with Crippen molar-refractivity contribution in [3.8, 4) is 0 Å². The highest BCUT2D eigenvalue weighted by Crippen LogP contribution is 2.38. The molecule has 33 heavy (non-hydrogen) atoms. The molecule has 7 nitrogen and oxygen atoms in total. The molecule has 0 atom stereocenters. The largest absolute Gasteiger partial charge is 0.274 e. The second kappa shape index (κ2) is 10.5. The lowest BCUT2D eigenvalue weighted by atomic mass is 10.2. The standard InChI is InChI=1S/C23H24ClN3O4S2/c1-4-19(28)27(20(29)5-2)23-21(33(30,31)18-12-7-6-8-13-18)22(32-3)25-26(23)15-16-10-9-11-17(24)14-16/h6-14H,4-5,15H2,1-3H3. The van der Waals surface area contributed by atoms with E-state index < -0.39 is 21.7 Å². The van der Waals surface area contributed by atoms with Gasteiger partial charge in [0, 0.05) is 17.9 Å². The van der Waals surface area contributed by atoms with E-state index in [2.05, 4.69) is 5.10 Å². The first-order valence-electron chi connectivity index (χ1n) is 10.3. The Hall–Kier alpha value is -2.62. The fourth-order valence-electron chi connectivity index (χ4n) is 3.33. The molecule has 0 aliphatic heterocycles. The Morgan fingerprint density at radius 3 is 2.21 bits per heavy atom. The van der Waals surface area contributed by atoms with Gasteiger partial charge in [-0.05, 0) is 36.1 Å². The Labute approximate surface area is 202 Å². The monoisotopic (exact) mass is 505 g/mol. The van der Waals surface area contributed by atoms with Crippen molar-refractivity contribution < 1.29 is 18.0 Å². The SMILES string of the molecule is CCC(=O)N(C(=O)CC)c1c(S(=O)(=O)c2ccccc2)c(SC)nn1Cc1cccc(Cl)c1. The summed E-state index contributed by atoms with van der Waals surface area (Å²) in [6, 6.07) is 14.9. The van der Waals surface area contributed by atoms with Crippen molar-refractivity contribution in [2.24, 2.45) is 0 Å². The maximum absolute atomic E-state index is 13.7. The predicted molar refractivity (Wildman–Crippen MR) is 130 cm³/mol. The van der Waals surface area contributed by atoms with Crippen LogP contribution in [0.3, 0.4) is 0 Å². The Bertz CT molecular complexity index is 1260. The third kappa shape index (κ3) is 5.15. The first-order valence-corrected chi connectivity index (χ1v) is 13.4. The first-order chi connectivity index (χ1) is 15.7. The Morgan fingerprint density at radius 1 is 1.03 bits per heavy atom. The molecule has 0 aliphatic rings. The Balaban J connectivity index is 2.35. The molecular weight excluding hydrogens is 482 g/mol. The molecule has 3 rings (SSSR count). The summed E-state index contributed by atoms with van der Waals surface area (Å²) in [7, 11) is -4.10. The minimum atomic E-state index is -4.10. The third-order valence-electron chi connectivity index (χ3n) is 4.91. The number of amides is 2. The number of carbonyl (C=O) groups excluding carboxylic acids is 2. The van der Waals surface area contributed by atoms with Gasteiger partial charge in [0.05, 0.1) is 11.4 Å². The van der Waals surface area contributed by atoms with E-state index in [1.807, 2.05) is 6.07 Å². The summed E-state index contributed by atoms with van der Waals surface area (Å²) >= 11 is 7.26. The van der Waals surface area contributed by atoms with Crippen LogP contribution >= 0.6 is 23.4 Å². The number of nitrogens with zero attached hydrogens (tertiary/aromatic N) is 3. The number of anilines is 1. The van der Waals surface area contributed by atoms with Gasteiger partial charge in [0.1, 0.15) is 9.92 Å². The van der Waals surface area contributed by atoms with Crippen LogP contribution in [0.4, 0.5) is 5.82 Å². The van der Waals surface area contributed by atoms with Crippen molar-refractivity contribution >= 4 is 50.8 Å². The summed E-state index contributed by atoms with van der Waals surface area (Å²) in [6.45, 7) is 3.37. The van der Waals surface area contributed by atoms with Gasteiger partial charge in [-0.2, -0.15) is 5.10 Å². The highest BCUT2D eigenvalue weighted by Gasteiger charge is 2.37. The van der Waals surface area contributed by atoms with Crippen LogP contribution in [0, 0.1) is 0 Å². The number of benzene rings is 2. The van der Waals surface area contributed by atoms with Gasteiger partial charge in [-0.3, -0.25) is 9.59 Å². The van der Waals surface area contributed by atoms with E-state index >= 15 is 0 Å². The molecule has 2 amide bonds. The second-order valence-corrected chi connectivity index (χ2v) is 10.2. The van der Waals surface area contributed by atoms with E-state index in [1.54, 1.807) is 56.5 Å². The van der Waals surface area contributed by atoms with Crippen molar-refractivity contribution in [2.75, 3.05) is 11.2 Å². The molecule has 1 aromatic heterocycles. The first kappa shape index (κ1) is 25.0. The number of aromatic nitrogens is 2. The fraction of sp³-hybridized carbons (Fsp3) is 0.261. The number of halogens is 1.